The Hall–Kier alpha value is -2.25. The fraction of sp³-hybridized carbons (Fsp3) is 0.429. The van der Waals surface area contributed by atoms with Crippen LogP contribution in [0.2, 0.25) is 0 Å². The summed E-state index contributed by atoms with van der Waals surface area (Å²) in [6.07, 6.45) is 0.811. The molecule has 0 atom stereocenters. The molecule has 1 aliphatic heterocycles. The summed E-state index contributed by atoms with van der Waals surface area (Å²) in [5.41, 5.74) is 1.81. The number of ether oxygens (including phenoxy) is 1. The maximum Gasteiger partial charge on any atom is 0.341 e. The Morgan fingerprint density at radius 1 is 1.21 bits per heavy atom. The number of carbonyl (C=O) groups is 2. The van der Waals surface area contributed by atoms with Crippen molar-refractivity contribution in [2.24, 2.45) is 0 Å². The largest absolute Gasteiger partial charge is 0.465 e. The van der Waals surface area contributed by atoms with Crippen LogP contribution < -0.4 is 10.6 Å². The van der Waals surface area contributed by atoms with Gasteiger partial charge in [-0.1, -0.05) is 12.1 Å². The number of thiophene rings is 1. The molecule has 1 amide bonds. The zero-order valence-corrected chi connectivity index (χ0v) is 17.6. The number of methoxy groups -OCH3 is 1. The van der Waals surface area contributed by atoms with E-state index in [1.54, 1.807) is 12.1 Å². The molecule has 5 nitrogen and oxygen atoms in total. The second kappa shape index (κ2) is 7.29. The molecule has 2 heterocycles. The molecule has 28 heavy (non-hydrogen) atoms. The van der Waals surface area contributed by atoms with Crippen molar-refractivity contribution in [1.82, 2.24) is 0 Å². The van der Waals surface area contributed by atoms with Crippen LogP contribution in [-0.4, -0.2) is 24.5 Å². The minimum atomic E-state index is -0.442. The zero-order valence-electron chi connectivity index (χ0n) is 16.8. The highest BCUT2D eigenvalue weighted by atomic mass is 32.1. The molecule has 3 rings (SSSR count). The summed E-state index contributed by atoms with van der Waals surface area (Å²) in [5.74, 6) is -1.04. The SMILES string of the molecule is COC(=O)c1c(NC(=O)Cc2ccc(F)cc2)sc2c1CC(C)(C)[NH2+]C2(C)C. The molecule has 7 heteroatoms. The molecule has 0 unspecified atom stereocenters. The van der Waals surface area contributed by atoms with E-state index in [1.165, 1.54) is 30.6 Å². The molecule has 3 N–H and O–H groups in total. The summed E-state index contributed by atoms with van der Waals surface area (Å²) in [7, 11) is 1.35. The standard InChI is InChI=1S/C21H25FN2O3S/c1-20(2)11-14-16(19(26)27-5)18(28-17(14)21(3,4)24-20)23-15(25)10-12-6-8-13(22)9-7-12/h6-9,24H,10-11H2,1-5H3,(H,23,25)/p+1. The first-order chi connectivity index (χ1) is 13.0. The number of rotatable bonds is 4. The van der Waals surface area contributed by atoms with Crippen LogP contribution in [0, 0.1) is 5.82 Å². The van der Waals surface area contributed by atoms with Gasteiger partial charge in [-0.25, -0.2) is 9.18 Å². The summed E-state index contributed by atoms with van der Waals surface area (Å²) >= 11 is 1.43. The van der Waals surface area contributed by atoms with Crippen molar-refractivity contribution in [3.63, 3.8) is 0 Å². The molecule has 0 saturated carbocycles. The van der Waals surface area contributed by atoms with Gasteiger partial charge in [0.2, 0.25) is 5.91 Å². The van der Waals surface area contributed by atoms with Crippen molar-refractivity contribution < 1.29 is 24.0 Å². The summed E-state index contributed by atoms with van der Waals surface area (Å²) in [6.45, 7) is 8.52. The Balaban J connectivity index is 1.95. The maximum absolute atomic E-state index is 13.1. The van der Waals surface area contributed by atoms with Gasteiger partial charge in [-0.15, -0.1) is 11.3 Å². The average molecular weight is 406 g/mol. The van der Waals surface area contributed by atoms with Gasteiger partial charge in [-0.2, -0.15) is 0 Å². The van der Waals surface area contributed by atoms with Crippen LogP contribution in [-0.2, 0) is 27.9 Å². The fourth-order valence-corrected chi connectivity index (χ4v) is 5.36. The number of hydrogen-bond donors (Lipinski definition) is 2. The number of esters is 1. The predicted molar refractivity (Wildman–Crippen MR) is 107 cm³/mol. The van der Waals surface area contributed by atoms with Crippen molar-refractivity contribution in [3.8, 4) is 0 Å². The van der Waals surface area contributed by atoms with Crippen LogP contribution in [0.5, 0.6) is 0 Å². The number of nitrogens with one attached hydrogen (secondary N) is 1. The number of benzene rings is 1. The number of amides is 1. The first kappa shape index (κ1) is 20.5. The summed E-state index contributed by atoms with van der Waals surface area (Å²) in [6, 6.07) is 5.81. The van der Waals surface area contributed by atoms with Crippen LogP contribution >= 0.6 is 11.3 Å². The molecule has 0 saturated heterocycles. The van der Waals surface area contributed by atoms with E-state index in [4.69, 9.17) is 4.74 Å². The second-order valence-corrected chi connectivity index (χ2v) is 9.51. The molecule has 0 fully saturated rings. The lowest BCUT2D eigenvalue weighted by molar-refractivity contribution is -0.789. The van der Waals surface area contributed by atoms with Crippen LogP contribution in [0.1, 0.15) is 54.1 Å². The van der Waals surface area contributed by atoms with Gasteiger partial charge in [0.15, 0.2) is 0 Å². The molecule has 1 aromatic carbocycles. The molecular weight excluding hydrogens is 379 g/mol. The quantitative estimate of drug-likeness (QED) is 0.768. The lowest BCUT2D eigenvalue weighted by atomic mass is 9.81. The van der Waals surface area contributed by atoms with Crippen molar-refractivity contribution >= 4 is 28.2 Å². The van der Waals surface area contributed by atoms with E-state index in [0.717, 1.165) is 10.4 Å². The summed E-state index contributed by atoms with van der Waals surface area (Å²) < 4.78 is 18.1. The van der Waals surface area contributed by atoms with Crippen LogP contribution in [0.25, 0.3) is 0 Å². The molecule has 0 radical (unpaired) electrons. The molecule has 150 valence electrons. The maximum atomic E-state index is 13.1. The Labute approximate surface area is 168 Å². The molecule has 1 aliphatic rings. The number of carbonyl (C=O) groups excluding carboxylic acids is 2. The van der Waals surface area contributed by atoms with Gasteiger partial charge < -0.3 is 15.4 Å². The van der Waals surface area contributed by atoms with E-state index < -0.39 is 5.97 Å². The third-order valence-corrected chi connectivity index (χ3v) is 6.38. The number of anilines is 1. The zero-order chi connectivity index (χ0) is 20.7. The minimum Gasteiger partial charge on any atom is -0.465 e. The molecule has 0 spiro atoms. The average Bonchev–Trinajstić information content (AvgIpc) is 2.93. The third kappa shape index (κ3) is 4.10. The van der Waals surface area contributed by atoms with Gasteiger partial charge in [0.25, 0.3) is 0 Å². The highest BCUT2D eigenvalue weighted by Crippen LogP contribution is 2.42. The van der Waals surface area contributed by atoms with Crippen molar-refractivity contribution in [2.45, 2.75) is 51.6 Å². The highest BCUT2D eigenvalue weighted by Gasteiger charge is 2.45. The number of nitrogens with two attached hydrogens (primary N) is 1. The molecule has 0 bridgehead atoms. The van der Waals surface area contributed by atoms with E-state index in [0.29, 0.717) is 22.5 Å². The lowest BCUT2D eigenvalue weighted by Gasteiger charge is -2.38. The minimum absolute atomic E-state index is 0.0737. The van der Waals surface area contributed by atoms with Gasteiger partial charge in [-0.3, -0.25) is 4.79 Å². The summed E-state index contributed by atoms with van der Waals surface area (Å²) in [5, 5.41) is 5.69. The second-order valence-electron chi connectivity index (χ2n) is 8.49. The molecule has 2 aromatic rings. The predicted octanol–water partition coefficient (Wildman–Crippen LogP) is 2.99. The van der Waals surface area contributed by atoms with E-state index in [2.05, 4.69) is 38.3 Å². The normalized spacial score (nSPS) is 16.9. The van der Waals surface area contributed by atoms with E-state index in [9.17, 15) is 14.0 Å². The van der Waals surface area contributed by atoms with E-state index >= 15 is 0 Å². The molecule has 1 aromatic heterocycles. The van der Waals surface area contributed by atoms with Crippen LogP contribution in [0.3, 0.4) is 0 Å². The number of halogens is 1. The number of fused-ring (bicyclic) bond motifs is 1. The molecular formula is C21H26FN2O3S+. The van der Waals surface area contributed by atoms with Gasteiger partial charge in [0, 0.05) is 6.42 Å². The topological polar surface area (TPSA) is 72.0 Å². The fourth-order valence-electron chi connectivity index (χ4n) is 4.07. The first-order valence-electron chi connectivity index (χ1n) is 9.18. The van der Waals surface area contributed by atoms with Gasteiger partial charge in [0.1, 0.15) is 16.4 Å². The van der Waals surface area contributed by atoms with Crippen molar-refractivity contribution in [3.05, 3.63) is 51.7 Å². The van der Waals surface area contributed by atoms with Gasteiger partial charge in [-0.05, 0) is 51.0 Å². The highest BCUT2D eigenvalue weighted by molar-refractivity contribution is 7.17. The van der Waals surface area contributed by atoms with Gasteiger partial charge in [0.05, 0.1) is 29.5 Å². The van der Waals surface area contributed by atoms with Gasteiger partial charge >= 0.3 is 5.97 Å². The Morgan fingerprint density at radius 3 is 2.46 bits per heavy atom. The van der Waals surface area contributed by atoms with Crippen molar-refractivity contribution in [2.75, 3.05) is 12.4 Å². The van der Waals surface area contributed by atoms with E-state index in [1.807, 2.05) is 0 Å². The third-order valence-electron chi connectivity index (χ3n) is 4.90. The number of hydrogen-bond acceptors (Lipinski definition) is 4. The summed E-state index contributed by atoms with van der Waals surface area (Å²) in [4.78, 5) is 26.2. The first-order valence-corrected chi connectivity index (χ1v) is 10.00. The smallest absolute Gasteiger partial charge is 0.341 e. The van der Waals surface area contributed by atoms with E-state index in [-0.39, 0.29) is 29.2 Å². The Bertz CT molecular complexity index is 916. The monoisotopic (exact) mass is 405 g/mol. The Kier molecular flexibility index (Phi) is 5.34. The Morgan fingerprint density at radius 2 is 1.86 bits per heavy atom. The number of quaternary nitrogens is 1. The lowest BCUT2D eigenvalue weighted by Crippen LogP contribution is -3.03. The van der Waals surface area contributed by atoms with Crippen LogP contribution in [0.15, 0.2) is 24.3 Å². The van der Waals surface area contributed by atoms with Crippen molar-refractivity contribution in [1.29, 1.82) is 0 Å². The molecule has 0 aliphatic carbocycles. The van der Waals surface area contributed by atoms with Crippen LogP contribution in [0.4, 0.5) is 9.39 Å².